The van der Waals surface area contributed by atoms with Gasteiger partial charge in [0, 0.05) is 49.9 Å². The van der Waals surface area contributed by atoms with Crippen molar-refractivity contribution in [3.8, 4) is 0 Å². The monoisotopic (exact) mass is 387 g/mol. The molecule has 140 valence electrons. The van der Waals surface area contributed by atoms with Gasteiger partial charge in [-0.2, -0.15) is 0 Å². The van der Waals surface area contributed by atoms with Gasteiger partial charge in [-0.1, -0.05) is 11.8 Å². The molecule has 7 nitrogen and oxygen atoms in total. The Morgan fingerprint density at radius 3 is 3.16 bits per heavy atom. The molecule has 1 saturated heterocycles. The van der Waals surface area contributed by atoms with Crippen molar-refractivity contribution >= 4 is 35.0 Å². The van der Waals surface area contributed by atoms with Gasteiger partial charge in [-0.25, -0.2) is 9.78 Å². The maximum Gasteiger partial charge on any atom is 0.355 e. The molecule has 1 amide bonds. The first-order valence-electron chi connectivity index (χ1n) is 8.51. The molecule has 1 aliphatic rings. The highest BCUT2D eigenvalue weighted by Gasteiger charge is 2.30. The fourth-order valence-corrected chi connectivity index (χ4v) is 4.49. The van der Waals surface area contributed by atoms with Gasteiger partial charge < -0.3 is 20.1 Å². The average Bonchev–Trinajstić information content (AvgIpc) is 3.19. The standard InChI is InChI=1S/C16H25N3O4S2/c1-2-23-8-3-6-17-10-12-4-5-14(20)19(12)7-9-24-16-18-13(11-25-16)15(21)22/h11-12,17H,2-10H2,1H3,(H,21,22)/t12-/m1/s1. The first-order chi connectivity index (χ1) is 12.1. The average molecular weight is 388 g/mol. The number of carboxylic acids is 1. The predicted molar refractivity (Wildman–Crippen MR) is 98.5 cm³/mol. The number of nitrogens with one attached hydrogen (secondary N) is 1. The molecule has 1 aromatic heterocycles. The molecule has 25 heavy (non-hydrogen) atoms. The van der Waals surface area contributed by atoms with E-state index in [1.54, 1.807) is 5.38 Å². The lowest BCUT2D eigenvalue weighted by molar-refractivity contribution is -0.128. The van der Waals surface area contributed by atoms with Crippen LogP contribution in [-0.2, 0) is 9.53 Å². The van der Waals surface area contributed by atoms with Gasteiger partial charge in [-0.05, 0) is 26.3 Å². The lowest BCUT2D eigenvalue weighted by Crippen LogP contribution is -2.41. The molecule has 0 saturated carbocycles. The second-order valence-corrected chi connectivity index (χ2v) is 7.89. The highest BCUT2D eigenvalue weighted by molar-refractivity contribution is 8.01. The van der Waals surface area contributed by atoms with E-state index in [1.165, 1.54) is 23.1 Å². The van der Waals surface area contributed by atoms with E-state index in [0.29, 0.717) is 13.0 Å². The molecule has 0 aliphatic carbocycles. The number of nitrogens with zero attached hydrogens (tertiary/aromatic N) is 2. The second-order valence-electron chi connectivity index (χ2n) is 5.69. The predicted octanol–water partition coefficient (Wildman–Crippen LogP) is 1.94. The van der Waals surface area contributed by atoms with Crippen molar-refractivity contribution in [1.82, 2.24) is 15.2 Å². The molecule has 1 aromatic rings. The van der Waals surface area contributed by atoms with E-state index in [9.17, 15) is 9.59 Å². The van der Waals surface area contributed by atoms with Crippen LogP contribution in [0.15, 0.2) is 9.72 Å². The number of aromatic nitrogens is 1. The number of aromatic carboxylic acids is 1. The van der Waals surface area contributed by atoms with Crippen molar-refractivity contribution in [1.29, 1.82) is 0 Å². The second kappa shape index (κ2) is 10.7. The molecule has 2 N–H and O–H groups in total. The third kappa shape index (κ3) is 6.58. The number of hydrogen-bond donors (Lipinski definition) is 2. The van der Waals surface area contributed by atoms with Crippen LogP contribution in [0.2, 0.25) is 0 Å². The largest absolute Gasteiger partial charge is 0.476 e. The van der Waals surface area contributed by atoms with Crippen LogP contribution in [0.5, 0.6) is 0 Å². The third-order valence-corrected chi connectivity index (χ3v) is 5.94. The molecule has 2 heterocycles. The van der Waals surface area contributed by atoms with Crippen molar-refractivity contribution < 1.29 is 19.4 Å². The van der Waals surface area contributed by atoms with E-state index in [1.807, 2.05) is 11.8 Å². The minimum Gasteiger partial charge on any atom is -0.476 e. The summed E-state index contributed by atoms with van der Waals surface area (Å²) in [5.41, 5.74) is 0.0823. The zero-order valence-corrected chi connectivity index (χ0v) is 16.0. The number of carbonyl (C=O) groups excluding carboxylic acids is 1. The van der Waals surface area contributed by atoms with Crippen LogP contribution < -0.4 is 5.32 Å². The van der Waals surface area contributed by atoms with Gasteiger partial charge in [0.2, 0.25) is 5.91 Å². The van der Waals surface area contributed by atoms with Crippen molar-refractivity contribution in [2.45, 2.75) is 36.6 Å². The van der Waals surface area contributed by atoms with Gasteiger partial charge >= 0.3 is 5.97 Å². The third-order valence-electron chi connectivity index (χ3n) is 3.94. The fraction of sp³-hybridized carbons (Fsp3) is 0.688. The molecule has 0 radical (unpaired) electrons. The van der Waals surface area contributed by atoms with Gasteiger partial charge in [0.05, 0.1) is 0 Å². The van der Waals surface area contributed by atoms with Crippen LogP contribution in [0.4, 0.5) is 0 Å². The zero-order chi connectivity index (χ0) is 18.1. The Hall–Kier alpha value is -1.16. The molecule has 0 aromatic carbocycles. The minimum absolute atomic E-state index is 0.0823. The molecule has 1 atom stereocenters. The topological polar surface area (TPSA) is 91.8 Å². The fourth-order valence-electron chi connectivity index (χ4n) is 2.68. The van der Waals surface area contributed by atoms with Crippen LogP contribution in [0.1, 0.15) is 36.7 Å². The summed E-state index contributed by atoms with van der Waals surface area (Å²) in [5, 5.41) is 13.8. The summed E-state index contributed by atoms with van der Waals surface area (Å²) in [7, 11) is 0. The van der Waals surface area contributed by atoms with E-state index < -0.39 is 5.97 Å². The number of thioether (sulfide) groups is 1. The summed E-state index contributed by atoms with van der Waals surface area (Å²) in [4.78, 5) is 28.9. The van der Waals surface area contributed by atoms with E-state index in [4.69, 9.17) is 9.84 Å². The van der Waals surface area contributed by atoms with Crippen LogP contribution in [0, 0.1) is 0 Å². The van der Waals surface area contributed by atoms with E-state index >= 15 is 0 Å². The minimum atomic E-state index is -1.01. The van der Waals surface area contributed by atoms with Gasteiger partial charge in [0.25, 0.3) is 0 Å². The highest BCUT2D eigenvalue weighted by Crippen LogP contribution is 2.24. The summed E-state index contributed by atoms with van der Waals surface area (Å²) >= 11 is 2.83. The lowest BCUT2D eigenvalue weighted by atomic mass is 10.2. The Morgan fingerprint density at radius 1 is 1.60 bits per heavy atom. The van der Waals surface area contributed by atoms with E-state index in [2.05, 4.69) is 10.3 Å². The number of amides is 1. The molecule has 0 spiro atoms. The molecule has 0 unspecified atom stereocenters. The van der Waals surface area contributed by atoms with E-state index in [-0.39, 0.29) is 17.6 Å². The number of carboxylic acid groups (broad SMARTS) is 1. The summed E-state index contributed by atoms with van der Waals surface area (Å²) in [5.74, 6) is -0.0838. The Bertz CT molecular complexity index is 567. The molecule has 1 fully saturated rings. The Labute approximate surface area is 156 Å². The van der Waals surface area contributed by atoms with Gasteiger partial charge in [0.1, 0.15) is 0 Å². The van der Waals surface area contributed by atoms with Gasteiger partial charge in [-0.3, -0.25) is 4.79 Å². The lowest BCUT2D eigenvalue weighted by Gasteiger charge is -2.25. The Morgan fingerprint density at radius 2 is 2.44 bits per heavy atom. The zero-order valence-electron chi connectivity index (χ0n) is 14.4. The van der Waals surface area contributed by atoms with Crippen molar-refractivity contribution in [3.63, 3.8) is 0 Å². The van der Waals surface area contributed by atoms with Crippen LogP contribution in [-0.4, -0.2) is 71.5 Å². The molecule has 9 heteroatoms. The summed E-state index contributed by atoms with van der Waals surface area (Å²) < 4.78 is 6.04. The normalized spacial score (nSPS) is 17.4. The molecule has 1 aliphatic heterocycles. The Balaban J connectivity index is 1.69. The smallest absolute Gasteiger partial charge is 0.355 e. The number of hydrogen-bond acceptors (Lipinski definition) is 7. The highest BCUT2D eigenvalue weighted by atomic mass is 32.2. The summed E-state index contributed by atoms with van der Waals surface area (Å²) in [6, 6.07) is 0.242. The van der Waals surface area contributed by atoms with Crippen molar-refractivity contribution in [2.24, 2.45) is 0 Å². The number of rotatable bonds is 12. The molecule has 2 rings (SSSR count). The number of carbonyl (C=O) groups is 2. The molecular formula is C16H25N3O4S2. The first kappa shape index (κ1) is 20.2. The van der Waals surface area contributed by atoms with Crippen molar-refractivity contribution in [2.75, 3.05) is 38.6 Å². The number of thiazole rings is 1. The molecular weight excluding hydrogens is 362 g/mol. The van der Waals surface area contributed by atoms with Gasteiger partial charge in [-0.15, -0.1) is 11.3 Å². The van der Waals surface area contributed by atoms with Crippen LogP contribution >= 0.6 is 23.1 Å². The maximum atomic E-state index is 12.1. The van der Waals surface area contributed by atoms with Crippen LogP contribution in [0.25, 0.3) is 0 Å². The maximum absolute atomic E-state index is 12.1. The summed E-state index contributed by atoms with van der Waals surface area (Å²) in [6.45, 7) is 5.86. The quantitative estimate of drug-likeness (QED) is 0.418. The summed E-state index contributed by atoms with van der Waals surface area (Å²) in [6.07, 6.45) is 2.47. The van der Waals surface area contributed by atoms with Crippen LogP contribution in [0.3, 0.4) is 0 Å². The Kier molecular flexibility index (Phi) is 8.66. The number of likely N-dealkylation sites (tertiary alicyclic amines) is 1. The molecule has 0 bridgehead atoms. The van der Waals surface area contributed by atoms with Crippen molar-refractivity contribution in [3.05, 3.63) is 11.1 Å². The SMILES string of the molecule is CCOCCCNC[C@H]1CCC(=O)N1CCSc1nc(C(=O)O)cs1. The number of ether oxygens (including phenoxy) is 1. The van der Waals surface area contributed by atoms with Gasteiger partial charge in [0.15, 0.2) is 10.0 Å². The van der Waals surface area contributed by atoms with E-state index in [0.717, 1.165) is 49.2 Å². The first-order valence-corrected chi connectivity index (χ1v) is 10.4.